The maximum atomic E-state index is 12.7. The molecular weight excluding hydrogens is 411 g/mol. The summed E-state index contributed by atoms with van der Waals surface area (Å²) in [5.41, 5.74) is 1.91. The summed E-state index contributed by atoms with van der Waals surface area (Å²) >= 11 is 5.82. The number of carbonyl (C=O) groups is 2. The van der Waals surface area contributed by atoms with Crippen molar-refractivity contribution in [1.29, 1.82) is 0 Å². The van der Waals surface area contributed by atoms with Crippen molar-refractivity contribution in [3.8, 4) is 0 Å². The van der Waals surface area contributed by atoms with Gasteiger partial charge in [-0.1, -0.05) is 11.6 Å². The molecule has 1 heterocycles. The van der Waals surface area contributed by atoms with Gasteiger partial charge in [0.2, 0.25) is 11.8 Å². The highest BCUT2D eigenvalue weighted by Gasteiger charge is 2.31. The van der Waals surface area contributed by atoms with Crippen LogP contribution in [-0.4, -0.2) is 17.5 Å². The van der Waals surface area contributed by atoms with Crippen molar-refractivity contribution in [1.82, 2.24) is 5.43 Å². The molecule has 1 aromatic heterocycles. The number of rotatable bonds is 8. The number of hydrogen-bond acceptors (Lipinski definition) is 4. The number of benzene rings is 1. The normalized spacial score (nSPS) is 12.0. The number of carbonyl (C=O) groups excluding carboxylic acids is 2. The first-order valence-electron chi connectivity index (χ1n) is 8.66. The minimum atomic E-state index is -4.56. The van der Waals surface area contributed by atoms with Gasteiger partial charge in [-0.15, -0.1) is 0 Å². The van der Waals surface area contributed by atoms with Gasteiger partial charge in [0.05, 0.1) is 22.5 Å². The summed E-state index contributed by atoms with van der Waals surface area (Å²) in [5.74, 6) is -0.330. The molecule has 0 bridgehead atoms. The van der Waals surface area contributed by atoms with E-state index in [0.717, 1.165) is 24.0 Å². The average molecular weight is 430 g/mol. The van der Waals surface area contributed by atoms with E-state index in [1.807, 2.05) is 6.07 Å². The number of aryl methyl sites for hydroxylation is 1. The van der Waals surface area contributed by atoms with Gasteiger partial charge in [0, 0.05) is 25.0 Å². The molecule has 0 aliphatic carbocycles. The number of alkyl halides is 3. The van der Waals surface area contributed by atoms with Gasteiger partial charge in [-0.2, -0.15) is 18.3 Å². The fourth-order valence-corrected chi connectivity index (χ4v) is 2.43. The molecule has 6 nitrogen and oxygen atoms in total. The van der Waals surface area contributed by atoms with Crippen molar-refractivity contribution in [3.63, 3.8) is 0 Å². The summed E-state index contributed by atoms with van der Waals surface area (Å²) in [4.78, 5) is 23.7. The lowest BCUT2D eigenvalue weighted by molar-refractivity contribution is -0.137. The topological polar surface area (TPSA) is 83.7 Å². The zero-order chi connectivity index (χ0) is 21.4. The van der Waals surface area contributed by atoms with E-state index in [-0.39, 0.29) is 23.6 Å². The van der Waals surface area contributed by atoms with E-state index in [1.165, 1.54) is 0 Å². The molecule has 0 unspecified atom stereocenters. The summed E-state index contributed by atoms with van der Waals surface area (Å²) in [5, 5.41) is 6.18. The smallest absolute Gasteiger partial charge is 0.416 e. The predicted octanol–water partition coefficient (Wildman–Crippen LogP) is 4.80. The standard InChI is InChI=1S/C19H19ClF3N3O3/c1-12(4-6-14-3-2-10-29-14)25-26-18(28)9-8-17(27)24-16-11-13(19(21,22)23)5-7-15(16)20/h2-3,5,7,10-11H,4,6,8-9H2,1H3,(H,24,27)(H,26,28)/b25-12-. The summed E-state index contributed by atoms with van der Waals surface area (Å²) < 4.78 is 43.4. The second-order valence-corrected chi connectivity index (χ2v) is 6.61. The lowest BCUT2D eigenvalue weighted by Gasteiger charge is -2.11. The summed E-state index contributed by atoms with van der Waals surface area (Å²) in [6.45, 7) is 1.74. The van der Waals surface area contributed by atoms with Crippen LogP contribution in [0.25, 0.3) is 0 Å². The van der Waals surface area contributed by atoms with E-state index in [9.17, 15) is 22.8 Å². The fourth-order valence-electron chi connectivity index (χ4n) is 2.27. The largest absolute Gasteiger partial charge is 0.469 e. The highest BCUT2D eigenvalue weighted by molar-refractivity contribution is 6.33. The van der Waals surface area contributed by atoms with E-state index in [4.69, 9.17) is 16.0 Å². The van der Waals surface area contributed by atoms with Gasteiger partial charge in [-0.05, 0) is 43.7 Å². The van der Waals surface area contributed by atoms with Crippen LogP contribution in [0.3, 0.4) is 0 Å². The maximum Gasteiger partial charge on any atom is 0.416 e. The van der Waals surface area contributed by atoms with Gasteiger partial charge >= 0.3 is 6.18 Å². The van der Waals surface area contributed by atoms with Crippen molar-refractivity contribution in [2.24, 2.45) is 5.10 Å². The third-order valence-electron chi connectivity index (χ3n) is 3.83. The SMILES string of the molecule is C/C(CCc1ccco1)=N/NC(=O)CCC(=O)Nc1cc(C(F)(F)F)ccc1Cl. The molecule has 0 aliphatic heterocycles. The number of amides is 2. The van der Waals surface area contributed by atoms with Crippen LogP contribution in [0, 0.1) is 0 Å². The van der Waals surface area contributed by atoms with Gasteiger partial charge in [0.15, 0.2) is 0 Å². The number of nitrogens with one attached hydrogen (secondary N) is 2. The van der Waals surface area contributed by atoms with Crippen LogP contribution in [0.15, 0.2) is 46.1 Å². The number of anilines is 1. The Kier molecular flexibility index (Phi) is 7.83. The van der Waals surface area contributed by atoms with Crippen LogP contribution < -0.4 is 10.7 Å². The molecule has 2 aromatic rings. The first-order chi connectivity index (χ1) is 13.6. The Morgan fingerprint density at radius 1 is 1.14 bits per heavy atom. The van der Waals surface area contributed by atoms with Gasteiger partial charge in [-0.3, -0.25) is 9.59 Å². The van der Waals surface area contributed by atoms with Crippen molar-refractivity contribution >= 4 is 34.8 Å². The first-order valence-corrected chi connectivity index (χ1v) is 9.04. The maximum absolute atomic E-state index is 12.7. The Balaban J connectivity index is 1.78. The fraction of sp³-hybridized carbons (Fsp3) is 0.316. The van der Waals surface area contributed by atoms with Crippen LogP contribution in [-0.2, 0) is 22.2 Å². The molecule has 2 N–H and O–H groups in total. The van der Waals surface area contributed by atoms with Crippen molar-refractivity contribution in [3.05, 3.63) is 52.9 Å². The Morgan fingerprint density at radius 3 is 2.52 bits per heavy atom. The Morgan fingerprint density at radius 2 is 1.86 bits per heavy atom. The van der Waals surface area contributed by atoms with Crippen molar-refractivity contribution in [2.75, 3.05) is 5.32 Å². The lowest BCUT2D eigenvalue weighted by atomic mass is 10.2. The second kappa shape index (κ2) is 10.1. The van der Waals surface area contributed by atoms with Crippen LogP contribution in [0.2, 0.25) is 5.02 Å². The van der Waals surface area contributed by atoms with E-state index < -0.39 is 23.6 Å². The van der Waals surface area contributed by atoms with E-state index in [1.54, 1.807) is 19.3 Å². The average Bonchev–Trinajstić information content (AvgIpc) is 3.17. The first kappa shape index (κ1) is 22.5. The minimum Gasteiger partial charge on any atom is -0.469 e. The van der Waals surface area contributed by atoms with Crippen molar-refractivity contribution in [2.45, 2.75) is 38.8 Å². The van der Waals surface area contributed by atoms with Crippen LogP contribution >= 0.6 is 11.6 Å². The summed E-state index contributed by atoms with van der Waals surface area (Å²) in [6, 6.07) is 6.22. The van der Waals surface area contributed by atoms with Crippen LogP contribution in [0.1, 0.15) is 37.5 Å². The number of furan rings is 1. The summed E-state index contributed by atoms with van der Waals surface area (Å²) in [6.07, 6.45) is -2.19. The van der Waals surface area contributed by atoms with Gasteiger partial charge in [0.1, 0.15) is 5.76 Å². The Bertz CT molecular complexity index is 881. The van der Waals surface area contributed by atoms with Gasteiger partial charge < -0.3 is 9.73 Å². The van der Waals surface area contributed by atoms with Crippen LogP contribution in [0.4, 0.5) is 18.9 Å². The second-order valence-electron chi connectivity index (χ2n) is 6.20. The molecule has 29 heavy (non-hydrogen) atoms. The third kappa shape index (κ3) is 7.61. The Labute approximate surface area is 170 Å². The zero-order valence-electron chi connectivity index (χ0n) is 15.5. The molecule has 156 valence electrons. The highest BCUT2D eigenvalue weighted by Crippen LogP contribution is 2.33. The Hall–Kier alpha value is -2.81. The minimum absolute atomic E-state index is 0.0346. The molecule has 10 heteroatoms. The molecule has 0 spiro atoms. The number of halogens is 4. The molecule has 0 saturated carbocycles. The van der Waals surface area contributed by atoms with Gasteiger partial charge in [-0.25, -0.2) is 5.43 Å². The van der Waals surface area contributed by atoms with Gasteiger partial charge in [0.25, 0.3) is 0 Å². The molecule has 2 amide bonds. The quantitative estimate of drug-likeness (QED) is 0.467. The molecule has 2 rings (SSSR count). The molecule has 0 aliphatic rings. The van der Waals surface area contributed by atoms with Crippen molar-refractivity contribution < 1.29 is 27.2 Å². The molecule has 0 radical (unpaired) electrons. The highest BCUT2D eigenvalue weighted by atomic mass is 35.5. The van der Waals surface area contributed by atoms with E-state index >= 15 is 0 Å². The summed E-state index contributed by atoms with van der Waals surface area (Å²) in [7, 11) is 0. The molecular formula is C19H19ClF3N3O3. The van der Waals surface area contributed by atoms with Crippen LogP contribution in [0.5, 0.6) is 0 Å². The molecule has 0 atom stereocenters. The molecule has 0 fully saturated rings. The monoisotopic (exact) mass is 429 g/mol. The third-order valence-corrected chi connectivity index (χ3v) is 4.16. The lowest BCUT2D eigenvalue weighted by Crippen LogP contribution is -2.22. The number of hydrazone groups is 1. The molecule has 1 aromatic carbocycles. The number of nitrogens with zero attached hydrogens (tertiary/aromatic N) is 1. The predicted molar refractivity (Wildman–Crippen MR) is 103 cm³/mol. The van der Waals surface area contributed by atoms with E-state index in [0.29, 0.717) is 18.6 Å². The van der Waals surface area contributed by atoms with E-state index in [2.05, 4.69) is 15.8 Å². The zero-order valence-corrected chi connectivity index (χ0v) is 16.2. The molecule has 0 saturated heterocycles. The number of hydrogen-bond donors (Lipinski definition) is 2.